The first-order chi connectivity index (χ1) is 8.40. The highest BCUT2D eigenvalue weighted by atomic mass is 16.5. The van der Waals surface area contributed by atoms with E-state index in [2.05, 4.69) is 23.6 Å². The molecule has 0 radical (unpaired) electrons. The van der Waals surface area contributed by atoms with Crippen LogP contribution in [0.15, 0.2) is 36.9 Å². The molecule has 0 aromatic heterocycles. The molecular formula is C14H19NO2. The molecule has 3 heteroatoms. The summed E-state index contributed by atoms with van der Waals surface area (Å²) in [6.45, 7) is 8.80. The van der Waals surface area contributed by atoms with Gasteiger partial charge in [-0.25, -0.2) is 0 Å². The van der Waals surface area contributed by atoms with Crippen LogP contribution >= 0.6 is 0 Å². The molecule has 1 aliphatic rings. The van der Waals surface area contributed by atoms with Crippen molar-refractivity contribution >= 4 is 0 Å². The second-order valence-electron chi connectivity index (χ2n) is 4.10. The molecule has 2 rings (SSSR count). The summed E-state index contributed by atoms with van der Waals surface area (Å²) >= 11 is 0. The third-order valence-corrected chi connectivity index (χ3v) is 2.83. The molecule has 0 unspecified atom stereocenters. The molecule has 17 heavy (non-hydrogen) atoms. The molecule has 1 aromatic carbocycles. The maximum absolute atomic E-state index is 5.65. The number of morpholine rings is 1. The van der Waals surface area contributed by atoms with Gasteiger partial charge in [0.2, 0.25) is 0 Å². The number of nitrogens with zero attached hydrogens (tertiary/aromatic N) is 1. The van der Waals surface area contributed by atoms with E-state index in [1.165, 1.54) is 5.56 Å². The fraction of sp³-hybridized carbons (Fsp3) is 0.429. The zero-order chi connectivity index (χ0) is 11.9. The van der Waals surface area contributed by atoms with Gasteiger partial charge in [-0.3, -0.25) is 4.90 Å². The van der Waals surface area contributed by atoms with E-state index < -0.39 is 0 Å². The first kappa shape index (κ1) is 12.1. The molecular weight excluding hydrogens is 214 g/mol. The Morgan fingerprint density at radius 3 is 2.82 bits per heavy atom. The van der Waals surface area contributed by atoms with E-state index in [0.717, 1.165) is 38.6 Å². The lowest BCUT2D eigenvalue weighted by molar-refractivity contribution is 0.0338. The van der Waals surface area contributed by atoms with Crippen LogP contribution in [0.2, 0.25) is 0 Å². The molecule has 1 aromatic rings. The Morgan fingerprint density at radius 1 is 1.29 bits per heavy atom. The molecule has 0 amide bonds. The van der Waals surface area contributed by atoms with Crippen LogP contribution in [-0.4, -0.2) is 37.8 Å². The van der Waals surface area contributed by atoms with E-state index in [0.29, 0.717) is 6.61 Å². The Balaban J connectivity index is 2.00. The Bertz CT molecular complexity index is 359. The third kappa shape index (κ3) is 3.58. The zero-order valence-corrected chi connectivity index (χ0v) is 10.1. The van der Waals surface area contributed by atoms with E-state index in [1.54, 1.807) is 6.08 Å². The summed E-state index contributed by atoms with van der Waals surface area (Å²) in [5, 5.41) is 0. The van der Waals surface area contributed by atoms with Gasteiger partial charge in [0.25, 0.3) is 0 Å². The Kier molecular flexibility index (Phi) is 4.59. The number of para-hydroxylation sites is 1. The standard InChI is InChI=1S/C14H19NO2/c1-2-9-17-14-6-4-3-5-13(14)12-15-7-10-16-11-8-15/h2-6H,1,7-12H2. The third-order valence-electron chi connectivity index (χ3n) is 2.83. The Labute approximate surface area is 103 Å². The van der Waals surface area contributed by atoms with Crippen molar-refractivity contribution in [1.29, 1.82) is 0 Å². The quantitative estimate of drug-likeness (QED) is 0.727. The highest BCUT2D eigenvalue weighted by Gasteiger charge is 2.12. The minimum absolute atomic E-state index is 0.556. The molecule has 0 atom stereocenters. The second-order valence-corrected chi connectivity index (χ2v) is 4.10. The first-order valence-electron chi connectivity index (χ1n) is 6.02. The number of rotatable bonds is 5. The van der Waals surface area contributed by atoms with E-state index >= 15 is 0 Å². The van der Waals surface area contributed by atoms with Gasteiger partial charge in [-0.15, -0.1) is 0 Å². The number of benzene rings is 1. The molecule has 0 N–H and O–H groups in total. The van der Waals surface area contributed by atoms with E-state index in [1.807, 2.05) is 12.1 Å². The van der Waals surface area contributed by atoms with E-state index in [4.69, 9.17) is 9.47 Å². The van der Waals surface area contributed by atoms with Crippen molar-refractivity contribution in [3.05, 3.63) is 42.5 Å². The highest BCUT2D eigenvalue weighted by Crippen LogP contribution is 2.20. The molecule has 1 heterocycles. The number of hydrogen-bond donors (Lipinski definition) is 0. The van der Waals surface area contributed by atoms with Crippen LogP contribution < -0.4 is 4.74 Å². The molecule has 1 fully saturated rings. The Morgan fingerprint density at radius 2 is 2.06 bits per heavy atom. The molecule has 1 aliphatic heterocycles. The lowest BCUT2D eigenvalue weighted by Gasteiger charge is -2.27. The van der Waals surface area contributed by atoms with Crippen molar-refractivity contribution in [2.24, 2.45) is 0 Å². The first-order valence-corrected chi connectivity index (χ1v) is 6.02. The second kappa shape index (κ2) is 6.42. The summed E-state index contributed by atoms with van der Waals surface area (Å²) in [5.41, 5.74) is 1.23. The van der Waals surface area contributed by atoms with Gasteiger partial charge >= 0.3 is 0 Å². The normalized spacial score (nSPS) is 16.7. The van der Waals surface area contributed by atoms with Gasteiger partial charge in [0, 0.05) is 25.2 Å². The maximum atomic E-state index is 5.65. The topological polar surface area (TPSA) is 21.7 Å². The minimum Gasteiger partial charge on any atom is -0.489 e. The summed E-state index contributed by atoms with van der Waals surface area (Å²) in [5.74, 6) is 0.957. The number of hydrogen-bond acceptors (Lipinski definition) is 3. The maximum Gasteiger partial charge on any atom is 0.124 e. The number of ether oxygens (including phenoxy) is 2. The predicted octanol–water partition coefficient (Wildman–Crippen LogP) is 2.08. The molecule has 0 spiro atoms. The highest BCUT2D eigenvalue weighted by molar-refractivity contribution is 5.33. The van der Waals surface area contributed by atoms with Crippen LogP contribution in [0.25, 0.3) is 0 Å². The SMILES string of the molecule is C=CCOc1ccccc1CN1CCOCC1. The van der Waals surface area contributed by atoms with E-state index in [-0.39, 0.29) is 0 Å². The van der Waals surface area contributed by atoms with Crippen LogP contribution in [0, 0.1) is 0 Å². The zero-order valence-electron chi connectivity index (χ0n) is 10.1. The lowest BCUT2D eigenvalue weighted by Crippen LogP contribution is -2.35. The largest absolute Gasteiger partial charge is 0.489 e. The minimum atomic E-state index is 0.556. The molecule has 0 aliphatic carbocycles. The molecule has 92 valence electrons. The molecule has 0 saturated carbocycles. The summed E-state index contributed by atoms with van der Waals surface area (Å²) < 4.78 is 11.0. The summed E-state index contributed by atoms with van der Waals surface area (Å²) in [4.78, 5) is 2.39. The molecule has 0 bridgehead atoms. The van der Waals surface area contributed by atoms with Crippen LogP contribution in [0.1, 0.15) is 5.56 Å². The van der Waals surface area contributed by atoms with Gasteiger partial charge in [0.05, 0.1) is 13.2 Å². The van der Waals surface area contributed by atoms with Crippen molar-refractivity contribution in [2.75, 3.05) is 32.9 Å². The van der Waals surface area contributed by atoms with Crippen LogP contribution in [0.4, 0.5) is 0 Å². The van der Waals surface area contributed by atoms with Crippen LogP contribution in [-0.2, 0) is 11.3 Å². The average molecular weight is 233 g/mol. The van der Waals surface area contributed by atoms with Crippen molar-refractivity contribution in [3.8, 4) is 5.75 Å². The fourth-order valence-electron chi connectivity index (χ4n) is 1.92. The predicted molar refractivity (Wildman–Crippen MR) is 68.2 cm³/mol. The van der Waals surface area contributed by atoms with Crippen LogP contribution in [0.5, 0.6) is 5.75 Å². The van der Waals surface area contributed by atoms with Crippen LogP contribution in [0.3, 0.4) is 0 Å². The van der Waals surface area contributed by atoms with Crippen molar-refractivity contribution in [1.82, 2.24) is 4.90 Å². The summed E-state index contributed by atoms with van der Waals surface area (Å²) in [6, 6.07) is 8.19. The van der Waals surface area contributed by atoms with Crippen molar-refractivity contribution in [2.45, 2.75) is 6.54 Å². The summed E-state index contributed by atoms with van der Waals surface area (Å²) in [6.07, 6.45) is 1.77. The fourth-order valence-corrected chi connectivity index (χ4v) is 1.92. The van der Waals surface area contributed by atoms with E-state index in [9.17, 15) is 0 Å². The lowest BCUT2D eigenvalue weighted by atomic mass is 10.2. The Hall–Kier alpha value is -1.32. The molecule has 1 saturated heterocycles. The van der Waals surface area contributed by atoms with Gasteiger partial charge in [0.15, 0.2) is 0 Å². The molecule has 3 nitrogen and oxygen atoms in total. The van der Waals surface area contributed by atoms with Gasteiger partial charge in [-0.2, -0.15) is 0 Å². The average Bonchev–Trinajstić information content (AvgIpc) is 2.39. The summed E-state index contributed by atoms with van der Waals surface area (Å²) in [7, 11) is 0. The van der Waals surface area contributed by atoms with Gasteiger partial charge in [-0.1, -0.05) is 30.9 Å². The van der Waals surface area contributed by atoms with Crippen molar-refractivity contribution in [3.63, 3.8) is 0 Å². The van der Waals surface area contributed by atoms with Gasteiger partial charge in [-0.05, 0) is 6.07 Å². The van der Waals surface area contributed by atoms with Gasteiger partial charge in [0.1, 0.15) is 12.4 Å². The van der Waals surface area contributed by atoms with Gasteiger partial charge < -0.3 is 9.47 Å². The van der Waals surface area contributed by atoms with Crippen molar-refractivity contribution < 1.29 is 9.47 Å². The monoisotopic (exact) mass is 233 g/mol. The smallest absolute Gasteiger partial charge is 0.124 e.